The van der Waals surface area contributed by atoms with Gasteiger partial charge in [-0.2, -0.15) is 0 Å². The van der Waals surface area contributed by atoms with E-state index in [0.717, 1.165) is 0 Å². The first-order valence-corrected chi connectivity index (χ1v) is 3.39. The first kappa shape index (κ1) is 18.7. The minimum Gasteiger partial charge on any atom is -0.820 e. The van der Waals surface area contributed by atoms with Crippen molar-refractivity contribution >= 4 is 17.2 Å². The van der Waals surface area contributed by atoms with Crippen LogP contribution in [0.3, 0.4) is 0 Å². The Morgan fingerprint density at radius 3 is 1.44 bits per heavy atom. The van der Waals surface area contributed by atoms with Gasteiger partial charge >= 0.3 is 111 Å². The third-order valence-corrected chi connectivity index (χ3v) is 1.26. The van der Waals surface area contributed by atoms with E-state index in [4.69, 9.17) is 9.79 Å². The fourth-order valence-electron chi connectivity index (χ4n) is 0.0596. The van der Waals surface area contributed by atoms with E-state index < -0.39 is 17.2 Å². The van der Waals surface area contributed by atoms with Crippen LogP contribution in [0.15, 0.2) is 0 Å². The summed E-state index contributed by atoms with van der Waals surface area (Å²) in [6, 6.07) is 0. The van der Waals surface area contributed by atoms with Crippen LogP contribution in [0.25, 0.3) is 0 Å². The maximum atomic E-state index is 9.32. The Bertz CT molecular complexity index is 42.2. The van der Waals surface area contributed by atoms with Crippen LogP contribution in [0.1, 0.15) is 0 Å². The van der Waals surface area contributed by atoms with E-state index in [1.54, 1.807) is 0 Å². The second-order valence-corrected chi connectivity index (χ2v) is 2.16. The fraction of sp³-hybridized carbons (Fsp3) is 0. The van der Waals surface area contributed by atoms with Gasteiger partial charge in [0.2, 0.25) is 0 Å². The molecule has 9 heteroatoms. The van der Waals surface area contributed by atoms with Gasteiger partial charge in [0.25, 0.3) is 0 Å². The average Bonchev–Trinajstić information content (AvgIpc) is 1.27. The minimum atomic E-state index is -3.11. The van der Waals surface area contributed by atoms with Crippen molar-refractivity contribution in [3.63, 3.8) is 0 Å². The molecule has 0 fully saturated rings. The van der Waals surface area contributed by atoms with E-state index in [2.05, 4.69) is 4.31 Å². The summed E-state index contributed by atoms with van der Waals surface area (Å²) in [5.41, 5.74) is 0. The second-order valence-electron chi connectivity index (χ2n) is 0.558. The van der Waals surface area contributed by atoms with Crippen molar-refractivity contribution in [2.75, 3.05) is 0 Å². The van der Waals surface area contributed by atoms with Crippen LogP contribution in [-0.4, -0.2) is 9.79 Å². The molecule has 0 radical (unpaired) electrons. The zero-order valence-corrected chi connectivity index (χ0v) is 13.0. The average molecular weight is 222 g/mol. The summed E-state index contributed by atoms with van der Waals surface area (Å²) in [5, 5.41) is 0. The molecule has 9 heavy (non-hydrogen) atoms. The van der Waals surface area contributed by atoms with Crippen molar-refractivity contribution in [3.05, 3.63) is 0 Å². The molecule has 0 aliphatic heterocycles. The van der Waals surface area contributed by atoms with Crippen molar-refractivity contribution in [1.82, 2.24) is 0 Å². The minimum absolute atomic E-state index is 0. The molecule has 0 saturated carbocycles. The zero-order chi connectivity index (χ0) is 5.86. The van der Waals surface area contributed by atoms with Crippen LogP contribution in [0, 0.1) is 0 Å². The third kappa shape index (κ3) is 18.7. The molecule has 0 rings (SSSR count). The summed E-state index contributed by atoms with van der Waals surface area (Å²) >= 11 is 0. The Morgan fingerprint density at radius 2 is 1.44 bits per heavy atom. The summed E-state index contributed by atoms with van der Waals surface area (Å²) in [7, 11) is -5.85. The quantitative estimate of drug-likeness (QED) is 0.357. The molecular weight excluding hydrogens is 220 g/mol. The van der Waals surface area contributed by atoms with Crippen molar-refractivity contribution in [2.45, 2.75) is 0 Å². The number of hydrogen-bond acceptors (Lipinski definition) is 5. The molecular formula is H2K2O5P2. The van der Waals surface area contributed by atoms with Gasteiger partial charge in [0.1, 0.15) is 0 Å². The molecule has 0 atom stereocenters. The van der Waals surface area contributed by atoms with Gasteiger partial charge in [0.05, 0.1) is 0 Å². The molecule has 0 saturated heterocycles. The van der Waals surface area contributed by atoms with Crippen LogP contribution in [0.5, 0.6) is 0 Å². The van der Waals surface area contributed by atoms with Gasteiger partial charge < -0.3 is 23.9 Å². The van der Waals surface area contributed by atoms with E-state index in [-0.39, 0.29) is 103 Å². The van der Waals surface area contributed by atoms with Crippen LogP contribution in [-0.2, 0) is 4.31 Å². The summed E-state index contributed by atoms with van der Waals surface area (Å²) in [5.74, 6) is 0. The predicted octanol–water partition coefficient (Wildman–Crippen LogP) is -7.83. The zero-order valence-electron chi connectivity index (χ0n) is 5.01. The Morgan fingerprint density at radius 1 is 1.11 bits per heavy atom. The molecule has 0 aromatic carbocycles. The predicted molar refractivity (Wildman–Crippen MR) is 19.4 cm³/mol. The van der Waals surface area contributed by atoms with E-state index in [1.165, 1.54) is 0 Å². The summed E-state index contributed by atoms with van der Waals surface area (Å²) in [4.78, 5) is 34.1. The van der Waals surface area contributed by atoms with Gasteiger partial charge in [-0.1, -0.05) is 0 Å². The van der Waals surface area contributed by atoms with E-state index in [9.17, 15) is 9.79 Å². The summed E-state index contributed by atoms with van der Waals surface area (Å²) in [6.45, 7) is 0. The van der Waals surface area contributed by atoms with E-state index in [1.807, 2.05) is 0 Å². The van der Waals surface area contributed by atoms with Crippen molar-refractivity contribution in [2.24, 2.45) is 0 Å². The molecule has 2 N–H and O–H groups in total. The van der Waals surface area contributed by atoms with Gasteiger partial charge in [-0.25, -0.2) is 0 Å². The topological polar surface area (TPSA) is 95.8 Å². The SMILES string of the molecule is [K+].[K+].[O-]P([O-])OP(O)O. The number of hydrogen-bond donors (Lipinski definition) is 2. The van der Waals surface area contributed by atoms with Crippen LogP contribution < -0.4 is 113 Å². The van der Waals surface area contributed by atoms with Crippen LogP contribution >= 0.6 is 17.2 Å². The standard InChI is InChI=1S/2K.H2O5P2/c;;1-6(2)5-7(3)4/h;;1-2H/q2*+1;-2. The molecule has 0 amide bonds. The molecule has 0 bridgehead atoms. The fourth-order valence-corrected chi connectivity index (χ4v) is 0.537. The second kappa shape index (κ2) is 11.9. The smallest absolute Gasteiger partial charge is 0.820 e. The van der Waals surface area contributed by atoms with Crippen LogP contribution in [0.2, 0.25) is 0 Å². The number of rotatable bonds is 2. The van der Waals surface area contributed by atoms with Gasteiger partial charge in [0.15, 0.2) is 0 Å². The van der Waals surface area contributed by atoms with Crippen molar-refractivity contribution in [3.8, 4) is 0 Å². The van der Waals surface area contributed by atoms with E-state index in [0.29, 0.717) is 0 Å². The van der Waals surface area contributed by atoms with Gasteiger partial charge in [0, 0.05) is 0 Å². The van der Waals surface area contributed by atoms with E-state index >= 15 is 0 Å². The third-order valence-electron chi connectivity index (χ3n) is 0.140. The molecule has 0 unspecified atom stereocenters. The Hall–Kier alpha value is 3.93. The van der Waals surface area contributed by atoms with Gasteiger partial charge in [-0.3, -0.25) is 0 Å². The van der Waals surface area contributed by atoms with Crippen molar-refractivity contribution in [1.29, 1.82) is 0 Å². The Kier molecular flexibility index (Phi) is 24.7. The van der Waals surface area contributed by atoms with Crippen molar-refractivity contribution < 1.29 is 127 Å². The Balaban J connectivity index is -0.000000180. The normalized spacial score (nSPS) is 8.67. The first-order valence-electron chi connectivity index (χ1n) is 1.13. The maximum absolute atomic E-state index is 9.32. The molecule has 5 nitrogen and oxygen atoms in total. The largest absolute Gasteiger partial charge is 1.00 e. The Labute approximate surface area is 140 Å². The molecule has 0 aliphatic carbocycles. The van der Waals surface area contributed by atoms with Crippen LogP contribution in [0.4, 0.5) is 0 Å². The molecule has 0 aliphatic rings. The van der Waals surface area contributed by atoms with Gasteiger partial charge in [-0.05, 0) is 0 Å². The molecule has 0 heterocycles. The van der Waals surface area contributed by atoms with Gasteiger partial charge in [-0.15, -0.1) is 8.60 Å². The monoisotopic (exact) mass is 222 g/mol. The molecule has 44 valence electrons. The molecule has 0 spiro atoms. The summed E-state index contributed by atoms with van der Waals surface area (Å²) < 4.78 is 3.38. The molecule has 0 aromatic rings. The maximum Gasteiger partial charge on any atom is 1.00 e. The first-order chi connectivity index (χ1) is 3.13. The molecule has 0 aromatic heterocycles. The summed E-state index contributed by atoms with van der Waals surface area (Å²) in [6.07, 6.45) is 0.